The lowest BCUT2D eigenvalue weighted by molar-refractivity contribution is -0.133. The van der Waals surface area contributed by atoms with Crippen molar-refractivity contribution < 1.29 is 14.3 Å². The molecule has 0 spiro atoms. The number of aryl methyl sites for hydroxylation is 1. The third-order valence-electron chi connectivity index (χ3n) is 4.82. The highest BCUT2D eigenvalue weighted by Crippen LogP contribution is 2.18. The SMILES string of the molecule is CCc1ccc(C2=CCC(=O)N(CCC(=O)NCC3CCCO3)N2)cc1. The topological polar surface area (TPSA) is 70.7 Å². The largest absolute Gasteiger partial charge is 0.376 e. The van der Waals surface area contributed by atoms with Crippen LogP contribution in [0.5, 0.6) is 0 Å². The van der Waals surface area contributed by atoms with E-state index in [1.807, 2.05) is 6.08 Å². The fraction of sp³-hybridized carbons (Fsp3) is 0.500. The Bertz CT molecular complexity index is 663. The minimum Gasteiger partial charge on any atom is -0.376 e. The molecule has 2 aliphatic heterocycles. The van der Waals surface area contributed by atoms with E-state index in [0.717, 1.165) is 37.1 Å². The smallest absolute Gasteiger partial charge is 0.244 e. The molecular weight excluding hydrogens is 330 g/mol. The van der Waals surface area contributed by atoms with E-state index in [1.54, 1.807) is 0 Å². The van der Waals surface area contributed by atoms with Gasteiger partial charge >= 0.3 is 0 Å². The van der Waals surface area contributed by atoms with E-state index in [4.69, 9.17) is 4.74 Å². The lowest BCUT2D eigenvalue weighted by atomic mass is 10.1. The number of hydrazine groups is 1. The van der Waals surface area contributed by atoms with Crippen molar-refractivity contribution in [1.82, 2.24) is 15.8 Å². The van der Waals surface area contributed by atoms with Crippen molar-refractivity contribution in [3.8, 4) is 0 Å². The van der Waals surface area contributed by atoms with Crippen molar-refractivity contribution in [1.29, 1.82) is 0 Å². The van der Waals surface area contributed by atoms with Crippen molar-refractivity contribution in [3.63, 3.8) is 0 Å². The van der Waals surface area contributed by atoms with Crippen LogP contribution in [0.1, 0.15) is 43.7 Å². The van der Waals surface area contributed by atoms with Gasteiger partial charge in [0, 0.05) is 26.0 Å². The minimum atomic E-state index is -0.0569. The molecule has 1 atom stereocenters. The molecule has 0 aliphatic carbocycles. The molecule has 2 N–H and O–H groups in total. The average Bonchev–Trinajstić information content (AvgIpc) is 3.19. The molecule has 1 saturated heterocycles. The van der Waals surface area contributed by atoms with Crippen molar-refractivity contribution in [2.45, 2.75) is 45.1 Å². The third-order valence-corrected chi connectivity index (χ3v) is 4.82. The maximum absolute atomic E-state index is 12.1. The molecule has 0 radical (unpaired) electrons. The summed E-state index contributed by atoms with van der Waals surface area (Å²) >= 11 is 0. The summed E-state index contributed by atoms with van der Waals surface area (Å²) in [5.74, 6) is -0.0793. The van der Waals surface area contributed by atoms with Gasteiger partial charge in [0.05, 0.1) is 18.3 Å². The van der Waals surface area contributed by atoms with Gasteiger partial charge in [-0.05, 0) is 36.5 Å². The van der Waals surface area contributed by atoms with E-state index in [0.29, 0.717) is 19.5 Å². The van der Waals surface area contributed by atoms with Gasteiger partial charge < -0.3 is 10.1 Å². The number of nitrogens with one attached hydrogen (secondary N) is 2. The monoisotopic (exact) mass is 357 g/mol. The Kier molecular flexibility index (Phi) is 6.28. The van der Waals surface area contributed by atoms with E-state index >= 15 is 0 Å². The van der Waals surface area contributed by atoms with E-state index in [-0.39, 0.29) is 24.3 Å². The normalized spacial score (nSPS) is 19.9. The molecule has 140 valence electrons. The van der Waals surface area contributed by atoms with Gasteiger partial charge in [0.15, 0.2) is 0 Å². The Hall–Kier alpha value is -2.34. The van der Waals surface area contributed by atoms with E-state index in [1.165, 1.54) is 10.6 Å². The van der Waals surface area contributed by atoms with Gasteiger partial charge in [0.25, 0.3) is 0 Å². The Labute approximate surface area is 154 Å². The molecule has 1 fully saturated rings. The van der Waals surface area contributed by atoms with Crippen molar-refractivity contribution in [2.75, 3.05) is 19.7 Å². The molecule has 1 aromatic rings. The molecular formula is C20H27N3O3. The Morgan fingerprint density at radius 1 is 1.35 bits per heavy atom. The molecule has 0 saturated carbocycles. The Balaban J connectivity index is 1.49. The zero-order valence-corrected chi connectivity index (χ0v) is 15.3. The summed E-state index contributed by atoms with van der Waals surface area (Å²) in [5, 5.41) is 4.43. The predicted octanol–water partition coefficient (Wildman–Crippen LogP) is 2.01. The van der Waals surface area contributed by atoms with Gasteiger partial charge in [-0.15, -0.1) is 0 Å². The number of amides is 2. The molecule has 1 unspecified atom stereocenters. The van der Waals surface area contributed by atoms with Crippen molar-refractivity contribution in [2.24, 2.45) is 0 Å². The number of ether oxygens (including phenoxy) is 1. The third kappa shape index (κ3) is 4.85. The van der Waals surface area contributed by atoms with E-state index < -0.39 is 0 Å². The zero-order valence-electron chi connectivity index (χ0n) is 15.3. The molecule has 6 heteroatoms. The lowest BCUT2D eigenvalue weighted by Crippen LogP contribution is -2.46. The van der Waals surface area contributed by atoms with Crippen LogP contribution in [0.3, 0.4) is 0 Å². The van der Waals surface area contributed by atoms with Gasteiger partial charge in [-0.2, -0.15) is 0 Å². The van der Waals surface area contributed by atoms with Crippen LogP contribution in [-0.2, 0) is 20.7 Å². The average molecular weight is 357 g/mol. The first-order chi connectivity index (χ1) is 12.7. The first kappa shape index (κ1) is 18.5. The summed E-state index contributed by atoms with van der Waals surface area (Å²) in [6, 6.07) is 8.30. The first-order valence-electron chi connectivity index (χ1n) is 9.40. The highest BCUT2D eigenvalue weighted by Gasteiger charge is 2.21. The highest BCUT2D eigenvalue weighted by atomic mass is 16.5. The molecule has 6 nitrogen and oxygen atoms in total. The van der Waals surface area contributed by atoms with E-state index in [2.05, 4.69) is 41.9 Å². The number of hydrogen-bond acceptors (Lipinski definition) is 4. The number of carbonyl (C=O) groups excluding carboxylic acids is 2. The zero-order chi connectivity index (χ0) is 18.4. The van der Waals surface area contributed by atoms with Crippen LogP contribution in [0, 0.1) is 0 Å². The van der Waals surface area contributed by atoms with Crippen LogP contribution >= 0.6 is 0 Å². The fourth-order valence-corrected chi connectivity index (χ4v) is 3.17. The predicted molar refractivity (Wildman–Crippen MR) is 99.9 cm³/mol. The quantitative estimate of drug-likeness (QED) is 0.783. The summed E-state index contributed by atoms with van der Waals surface area (Å²) in [5.41, 5.74) is 6.38. The Morgan fingerprint density at radius 3 is 2.85 bits per heavy atom. The van der Waals surface area contributed by atoms with Gasteiger partial charge in [-0.25, -0.2) is 0 Å². The number of rotatable bonds is 7. The first-order valence-corrected chi connectivity index (χ1v) is 9.40. The molecule has 26 heavy (non-hydrogen) atoms. The van der Waals surface area contributed by atoms with Crippen molar-refractivity contribution in [3.05, 3.63) is 41.5 Å². The second kappa shape index (κ2) is 8.85. The Morgan fingerprint density at radius 2 is 2.15 bits per heavy atom. The molecule has 2 heterocycles. The summed E-state index contributed by atoms with van der Waals surface area (Å²) in [6.45, 7) is 3.80. The molecule has 3 rings (SSSR count). The fourth-order valence-electron chi connectivity index (χ4n) is 3.17. The molecule has 0 bridgehead atoms. The number of carbonyl (C=O) groups is 2. The van der Waals surface area contributed by atoms with Crippen LogP contribution < -0.4 is 10.7 Å². The van der Waals surface area contributed by atoms with Gasteiger partial charge in [0.2, 0.25) is 11.8 Å². The van der Waals surface area contributed by atoms with Crippen LogP contribution in [0.2, 0.25) is 0 Å². The molecule has 0 aromatic heterocycles. The molecule has 2 aliphatic rings. The van der Waals surface area contributed by atoms with Crippen LogP contribution in [0.15, 0.2) is 30.3 Å². The number of benzene rings is 1. The second-order valence-corrected chi connectivity index (χ2v) is 6.72. The van der Waals surface area contributed by atoms with Gasteiger partial charge in [0.1, 0.15) is 0 Å². The maximum Gasteiger partial charge on any atom is 0.244 e. The maximum atomic E-state index is 12.1. The van der Waals surface area contributed by atoms with Crippen LogP contribution in [0.4, 0.5) is 0 Å². The van der Waals surface area contributed by atoms with Crippen LogP contribution in [-0.4, -0.2) is 42.6 Å². The van der Waals surface area contributed by atoms with Gasteiger partial charge in [-0.1, -0.05) is 31.2 Å². The summed E-state index contributed by atoms with van der Waals surface area (Å²) in [6.07, 6.45) is 5.70. The standard InChI is InChI=1S/C20H27N3O3/c1-2-15-5-7-16(8-6-15)18-9-10-20(25)23(22-18)12-11-19(24)21-14-17-4-3-13-26-17/h5-9,17,22H,2-4,10-14H2,1H3,(H,21,24). The van der Waals surface area contributed by atoms with Gasteiger partial charge in [-0.3, -0.25) is 20.0 Å². The van der Waals surface area contributed by atoms with Crippen molar-refractivity contribution >= 4 is 17.5 Å². The number of nitrogens with zero attached hydrogens (tertiary/aromatic N) is 1. The highest BCUT2D eigenvalue weighted by molar-refractivity contribution is 5.84. The minimum absolute atomic E-state index is 0.0224. The summed E-state index contributed by atoms with van der Waals surface area (Å²) in [7, 11) is 0. The van der Waals surface area contributed by atoms with Crippen LogP contribution in [0.25, 0.3) is 5.70 Å². The molecule has 1 aromatic carbocycles. The molecule has 2 amide bonds. The number of hydrogen-bond donors (Lipinski definition) is 2. The van der Waals surface area contributed by atoms with E-state index in [9.17, 15) is 9.59 Å². The lowest BCUT2D eigenvalue weighted by Gasteiger charge is -2.29. The second-order valence-electron chi connectivity index (χ2n) is 6.72. The summed E-state index contributed by atoms with van der Waals surface area (Å²) in [4.78, 5) is 24.1. The summed E-state index contributed by atoms with van der Waals surface area (Å²) < 4.78 is 5.50.